The molecule has 4 aromatic carbocycles. The van der Waals surface area contributed by atoms with Gasteiger partial charge in [0.25, 0.3) is 0 Å². The molecule has 0 bridgehead atoms. The number of amides is 2. The van der Waals surface area contributed by atoms with Crippen LogP contribution in [0.1, 0.15) is 21.9 Å². The second-order valence-corrected chi connectivity index (χ2v) is 9.35. The zero-order valence-corrected chi connectivity index (χ0v) is 20.4. The molecular formula is C29H23F3N2O2S. The minimum atomic E-state index is -4.60. The molecule has 1 atom stereocenters. The molecule has 0 radical (unpaired) electrons. The fraction of sp³-hybridized carbons (Fsp3) is 0.103. The quantitative estimate of drug-likeness (QED) is 0.239. The molecule has 0 saturated heterocycles. The Morgan fingerprint density at radius 2 is 1.32 bits per heavy atom. The van der Waals surface area contributed by atoms with Crippen molar-refractivity contribution in [2.24, 2.45) is 0 Å². The summed E-state index contributed by atoms with van der Waals surface area (Å²) in [6, 6.07) is 30.1. The third-order valence-corrected chi connectivity index (χ3v) is 6.70. The summed E-state index contributed by atoms with van der Waals surface area (Å²) in [7, 11) is 0. The highest BCUT2D eigenvalue weighted by Gasteiger charge is 2.34. The third-order valence-electron chi connectivity index (χ3n) is 5.43. The van der Waals surface area contributed by atoms with Crippen LogP contribution in [0.3, 0.4) is 0 Å². The van der Waals surface area contributed by atoms with Crippen LogP contribution in [0.2, 0.25) is 0 Å². The summed E-state index contributed by atoms with van der Waals surface area (Å²) in [5.74, 6) is -0.732. The van der Waals surface area contributed by atoms with Crippen LogP contribution in [-0.2, 0) is 22.2 Å². The fourth-order valence-corrected chi connectivity index (χ4v) is 4.70. The maximum Gasteiger partial charge on any atom is 0.418 e. The van der Waals surface area contributed by atoms with Crippen molar-refractivity contribution in [3.05, 3.63) is 126 Å². The Morgan fingerprint density at radius 1 is 0.730 bits per heavy atom. The number of carbonyl (C=O) groups excluding carboxylic acids is 2. The van der Waals surface area contributed by atoms with Gasteiger partial charge in [-0.05, 0) is 47.5 Å². The van der Waals surface area contributed by atoms with Gasteiger partial charge in [0, 0.05) is 10.6 Å². The summed E-state index contributed by atoms with van der Waals surface area (Å²) in [4.78, 5) is 26.3. The Labute approximate surface area is 216 Å². The maximum atomic E-state index is 13.4. The van der Waals surface area contributed by atoms with E-state index in [0.29, 0.717) is 16.1 Å². The number of hydrogen-bond donors (Lipinski definition) is 2. The smallest absolute Gasteiger partial charge is 0.326 e. The molecule has 188 valence electrons. The fourth-order valence-electron chi connectivity index (χ4n) is 3.68. The molecule has 4 nitrogen and oxygen atoms in total. The maximum absolute atomic E-state index is 13.4. The molecule has 0 saturated carbocycles. The van der Waals surface area contributed by atoms with E-state index in [-0.39, 0.29) is 18.0 Å². The average molecular weight is 521 g/mol. The monoisotopic (exact) mass is 520 g/mol. The number of carbonyl (C=O) groups is 2. The highest BCUT2D eigenvalue weighted by Crippen LogP contribution is 2.39. The van der Waals surface area contributed by atoms with Crippen molar-refractivity contribution in [1.82, 2.24) is 0 Å². The highest BCUT2D eigenvalue weighted by atomic mass is 32.2. The van der Waals surface area contributed by atoms with Crippen LogP contribution in [0.25, 0.3) is 0 Å². The van der Waals surface area contributed by atoms with E-state index in [1.807, 2.05) is 30.3 Å². The number of nitrogens with one attached hydrogen (secondary N) is 2. The molecule has 0 spiro atoms. The second kappa shape index (κ2) is 11.8. The minimum Gasteiger partial charge on any atom is -0.326 e. The van der Waals surface area contributed by atoms with Crippen molar-refractivity contribution in [3.63, 3.8) is 0 Å². The van der Waals surface area contributed by atoms with Crippen LogP contribution in [0.5, 0.6) is 0 Å². The van der Waals surface area contributed by atoms with E-state index in [4.69, 9.17) is 0 Å². The largest absolute Gasteiger partial charge is 0.418 e. The van der Waals surface area contributed by atoms with E-state index < -0.39 is 22.9 Å². The molecule has 8 heteroatoms. The van der Waals surface area contributed by atoms with Gasteiger partial charge in [0.05, 0.1) is 17.7 Å². The summed E-state index contributed by atoms with van der Waals surface area (Å²) >= 11 is 1.21. The lowest BCUT2D eigenvalue weighted by molar-refractivity contribution is -0.137. The van der Waals surface area contributed by atoms with Gasteiger partial charge in [-0.15, -0.1) is 11.8 Å². The standard InChI is InChI=1S/C29H23F3N2O2S/c30-29(31,32)24-13-7-8-14-25(24)34-28(36)27(21-11-5-2-6-12-21)37-23-17-15-22(16-18-23)33-26(35)19-20-9-3-1-4-10-20/h1-18,27H,19H2,(H,33,35)(H,34,36). The first kappa shape index (κ1) is 26.0. The van der Waals surface area contributed by atoms with Crippen LogP contribution >= 0.6 is 11.8 Å². The van der Waals surface area contributed by atoms with E-state index in [1.54, 1.807) is 54.6 Å². The number of benzene rings is 4. The lowest BCUT2D eigenvalue weighted by atomic mass is 10.1. The molecule has 2 N–H and O–H groups in total. The Kier molecular flexibility index (Phi) is 8.30. The van der Waals surface area contributed by atoms with Crippen LogP contribution < -0.4 is 10.6 Å². The molecule has 37 heavy (non-hydrogen) atoms. The van der Waals surface area contributed by atoms with Gasteiger partial charge in [-0.25, -0.2) is 0 Å². The molecule has 4 aromatic rings. The molecule has 0 aliphatic rings. The first-order valence-electron chi connectivity index (χ1n) is 11.4. The van der Waals surface area contributed by atoms with Crippen LogP contribution in [-0.4, -0.2) is 11.8 Å². The first-order valence-corrected chi connectivity index (χ1v) is 12.3. The Balaban J connectivity index is 1.49. The molecule has 0 aromatic heterocycles. The SMILES string of the molecule is O=C(Cc1ccccc1)Nc1ccc(SC(C(=O)Nc2ccccc2C(F)(F)F)c2ccccc2)cc1. The van der Waals surface area contributed by atoms with E-state index in [9.17, 15) is 22.8 Å². The van der Waals surface area contributed by atoms with Crippen molar-refractivity contribution in [2.75, 3.05) is 10.6 Å². The van der Waals surface area contributed by atoms with Crippen LogP contribution in [0, 0.1) is 0 Å². The van der Waals surface area contributed by atoms with Crippen molar-refractivity contribution in [2.45, 2.75) is 22.7 Å². The Bertz CT molecular complexity index is 1350. The first-order chi connectivity index (χ1) is 17.8. The topological polar surface area (TPSA) is 58.2 Å². The highest BCUT2D eigenvalue weighted by molar-refractivity contribution is 8.00. The predicted molar refractivity (Wildman–Crippen MR) is 140 cm³/mol. The minimum absolute atomic E-state index is 0.156. The van der Waals surface area contributed by atoms with Crippen LogP contribution in [0.15, 0.2) is 114 Å². The van der Waals surface area contributed by atoms with Gasteiger partial charge in [-0.3, -0.25) is 9.59 Å². The molecule has 0 heterocycles. The van der Waals surface area contributed by atoms with Gasteiger partial charge in [-0.1, -0.05) is 72.8 Å². The number of hydrogen-bond acceptors (Lipinski definition) is 3. The lowest BCUT2D eigenvalue weighted by Crippen LogP contribution is -2.21. The molecule has 4 rings (SSSR count). The summed E-state index contributed by atoms with van der Waals surface area (Å²) in [5, 5.41) is 4.50. The zero-order chi connectivity index (χ0) is 26.3. The molecule has 1 unspecified atom stereocenters. The second-order valence-electron chi connectivity index (χ2n) is 8.18. The molecular weight excluding hydrogens is 497 g/mol. The van der Waals surface area contributed by atoms with Gasteiger partial charge in [0.1, 0.15) is 5.25 Å². The van der Waals surface area contributed by atoms with E-state index >= 15 is 0 Å². The van der Waals surface area contributed by atoms with E-state index in [0.717, 1.165) is 11.6 Å². The Hall–Kier alpha value is -4.04. The van der Waals surface area contributed by atoms with E-state index in [1.165, 1.54) is 30.0 Å². The van der Waals surface area contributed by atoms with Crippen molar-refractivity contribution in [1.29, 1.82) is 0 Å². The van der Waals surface area contributed by atoms with Gasteiger partial charge in [0.15, 0.2) is 0 Å². The van der Waals surface area contributed by atoms with E-state index in [2.05, 4.69) is 10.6 Å². The number of thioether (sulfide) groups is 1. The van der Waals surface area contributed by atoms with Crippen molar-refractivity contribution < 1.29 is 22.8 Å². The van der Waals surface area contributed by atoms with Crippen LogP contribution in [0.4, 0.5) is 24.5 Å². The number of alkyl halides is 3. The molecule has 0 aliphatic heterocycles. The molecule has 0 fully saturated rings. The van der Waals surface area contributed by atoms with Gasteiger partial charge < -0.3 is 10.6 Å². The lowest BCUT2D eigenvalue weighted by Gasteiger charge is -2.19. The summed E-state index contributed by atoms with van der Waals surface area (Å²) < 4.78 is 40.3. The predicted octanol–water partition coefficient (Wildman–Crippen LogP) is 7.36. The normalized spacial score (nSPS) is 12.0. The van der Waals surface area contributed by atoms with Gasteiger partial charge in [-0.2, -0.15) is 13.2 Å². The van der Waals surface area contributed by atoms with Gasteiger partial charge in [0.2, 0.25) is 11.8 Å². The summed E-state index contributed by atoms with van der Waals surface area (Å²) in [6.07, 6.45) is -4.35. The Morgan fingerprint density at radius 3 is 1.97 bits per heavy atom. The number of halogens is 3. The molecule has 0 aliphatic carbocycles. The number of para-hydroxylation sites is 1. The number of rotatable bonds is 8. The summed E-state index contributed by atoms with van der Waals surface area (Å²) in [6.45, 7) is 0. The molecule has 2 amide bonds. The third kappa shape index (κ3) is 7.24. The zero-order valence-electron chi connectivity index (χ0n) is 19.5. The average Bonchev–Trinajstić information content (AvgIpc) is 2.89. The van der Waals surface area contributed by atoms with Gasteiger partial charge >= 0.3 is 6.18 Å². The summed E-state index contributed by atoms with van der Waals surface area (Å²) in [5.41, 5.74) is 0.949. The van der Waals surface area contributed by atoms with Crippen molar-refractivity contribution >= 4 is 35.0 Å². The van der Waals surface area contributed by atoms with Crippen molar-refractivity contribution in [3.8, 4) is 0 Å². The number of anilines is 2.